The van der Waals surface area contributed by atoms with Crippen LogP contribution in [0.25, 0.3) is 0 Å². The summed E-state index contributed by atoms with van der Waals surface area (Å²) in [5.41, 5.74) is 2.90. The lowest BCUT2D eigenvalue weighted by atomic mass is 9.71. The Morgan fingerprint density at radius 3 is 2.20 bits per heavy atom. The lowest BCUT2D eigenvalue weighted by Gasteiger charge is -2.45. The van der Waals surface area contributed by atoms with Gasteiger partial charge >= 0.3 is 11.9 Å². The van der Waals surface area contributed by atoms with Crippen LogP contribution in [0.3, 0.4) is 0 Å². The summed E-state index contributed by atoms with van der Waals surface area (Å²) in [6.45, 7) is 10.1. The third-order valence-corrected chi connectivity index (χ3v) is 9.19. The Kier molecular flexibility index (Phi) is 15.4. The van der Waals surface area contributed by atoms with Crippen LogP contribution >= 0.6 is 0 Å². The van der Waals surface area contributed by atoms with Crippen LogP contribution in [0.4, 0.5) is 0 Å². The van der Waals surface area contributed by atoms with Crippen molar-refractivity contribution in [2.45, 2.75) is 128 Å². The minimum atomic E-state index is -1.92. The van der Waals surface area contributed by atoms with Crippen molar-refractivity contribution in [2.24, 2.45) is 5.41 Å². The SMILES string of the molecule is CC=C(C)C=CC=C(C)C=CC1=C(C)C(=O)C(OC(=O)CCC(=O)OCC2OC(O)C(O)C(O)C2OC2OC(CO)C(O)C(O)C2O)CC1(C)C. The van der Waals surface area contributed by atoms with Crippen molar-refractivity contribution in [1.29, 1.82) is 0 Å². The molecule has 0 saturated carbocycles. The normalized spacial score (nSPS) is 35.1. The maximum absolute atomic E-state index is 13.2. The van der Waals surface area contributed by atoms with E-state index in [1.54, 1.807) is 6.92 Å². The van der Waals surface area contributed by atoms with E-state index in [0.717, 1.165) is 16.7 Å². The molecule has 2 fully saturated rings. The molecule has 7 N–H and O–H groups in total. The Hall–Kier alpha value is -3.09. The quantitative estimate of drug-likeness (QED) is 0.0991. The van der Waals surface area contributed by atoms with Crippen LogP contribution in [0.2, 0.25) is 0 Å². The molecule has 3 rings (SSSR count). The molecule has 286 valence electrons. The summed E-state index contributed by atoms with van der Waals surface area (Å²) >= 11 is 0. The number of esters is 2. The van der Waals surface area contributed by atoms with Crippen molar-refractivity contribution < 1.29 is 73.8 Å². The van der Waals surface area contributed by atoms with Crippen molar-refractivity contribution in [3.8, 4) is 0 Å². The van der Waals surface area contributed by atoms with E-state index < -0.39 is 111 Å². The first-order valence-electron chi connectivity index (χ1n) is 16.8. The molecule has 0 radical (unpaired) electrons. The molecule has 0 bridgehead atoms. The number of rotatable bonds is 13. The average Bonchev–Trinajstić information content (AvgIpc) is 3.08. The summed E-state index contributed by atoms with van der Waals surface area (Å²) in [6.07, 6.45) is -7.13. The number of hydrogen-bond acceptors (Lipinski definition) is 15. The van der Waals surface area contributed by atoms with Gasteiger partial charge < -0.3 is 59.4 Å². The van der Waals surface area contributed by atoms with Crippen LogP contribution < -0.4 is 0 Å². The number of hydrogen-bond donors (Lipinski definition) is 7. The fraction of sp³-hybridized carbons (Fsp3) is 0.639. The summed E-state index contributed by atoms with van der Waals surface area (Å²) in [5, 5.41) is 70.6. The van der Waals surface area contributed by atoms with E-state index in [0.29, 0.717) is 5.57 Å². The molecule has 0 spiro atoms. The van der Waals surface area contributed by atoms with Crippen molar-refractivity contribution in [3.05, 3.63) is 58.7 Å². The smallest absolute Gasteiger partial charge is 0.307 e. The molecule has 0 aromatic rings. The molecule has 2 saturated heterocycles. The van der Waals surface area contributed by atoms with Gasteiger partial charge in [0, 0.05) is 6.42 Å². The first kappa shape index (κ1) is 42.3. The average molecular weight is 725 g/mol. The minimum absolute atomic E-state index is 0.230. The van der Waals surface area contributed by atoms with Gasteiger partial charge in [0.2, 0.25) is 0 Å². The molecule has 0 aromatic heterocycles. The maximum Gasteiger partial charge on any atom is 0.307 e. The summed E-state index contributed by atoms with van der Waals surface area (Å²) in [6, 6.07) is 0. The molecular weight excluding hydrogens is 672 g/mol. The molecule has 0 aromatic carbocycles. The van der Waals surface area contributed by atoms with Crippen molar-refractivity contribution >= 4 is 17.7 Å². The molecule has 11 atom stereocenters. The number of aliphatic hydroxyl groups is 7. The number of Topliss-reactive ketones (excluding diaryl/α,β-unsaturated/α-hetero) is 1. The topological polar surface area (TPSA) is 239 Å². The molecule has 15 nitrogen and oxygen atoms in total. The van der Waals surface area contributed by atoms with Gasteiger partial charge in [-0.2, -0.15) is 0 Å². The zero-order valence-corrected chi connectivity index (χ0v) is 29.7. The molecule has 2 aliphatic heterocycles. The first-order chi connectivity index (χ1) is 23.9. The van der Waals surface area contributed by atoms with Crippen LogP contribution in [0, 0.1) is 5.41 Å². The van der Waals surface area contributed by atoms with E-state index in [1.165, 1.54) is 0 Å². The van der Waals surface area contributed by atoms with E-state index in [9.17, 15) is 50.1 Å². The highest BCUT2D eigenvalue weighted by atomic mass is 16.7. The van der Waals surface area contributed by atoms with Gasteiger partial charge in [-0.05, 0) is 44.3 Å². The summed E-state index contributed by atoms with van der Waals surface area (Å²) in [7, 11) is 0. The van der Waals surface area contributed by atoms with Gasteiger partial charge in [0.05, 0.1) is 19.4 Å². The molecule has 2 heterocycles. The number of ketones is 1. The predicted molar refractivity (Wildman–Crippen MR) is 179 cm³/mol. The van der Waals surface area contributed by atoms with Gasteiger partial charge in [0.1, 0.15) is 55.4 Å². The molecule has 51 heavy (non-hydrogen) atoms. The zero-order chi connectivity index (χ0) is 38.2. The lowest BCUT2D eigenvalue weighted by Crippen LogP contribution is -2.64. The highest BCUT2D eigenvalue weighted by Crippen LogP contribution is 2.41. The molecule has 15 heteroatoms. The largest absolute Gasteiger partial charge is 0.463 e. The zero-order valence-electron chi connectivity index (χ0n) is 29.7. The lowest BCUT2D eigenvalue weighted by molar-refractivity contribution is -0.355. The highest BCUT2D eigenvalue weighted by molar-refractivity contribution is 6.01. The Morgan fingerprint density at radius 2 is 1.55 bits per heavy atom. The fourth-order valence-corrected chi connectivity index (χ4v) is 5.94. The second-order valence-corrected chi connectivity index (χ2v) is 13.6. The summed E-state index contributed by atoms with van der Waals surface area (Å²) < 4.78 is 26.7. The van der Waals surface area contributed by atoms with Crippen LogP contribution in [0.15, 0.2) is 58.7 Å². The second-order valence-electron chi connectivity index (χ2n) is 13.6. The standard InChI is InChI=1S/C36H52O15/c1-7-18(2)9-8-10-19(3)11-12-21-20(4)27(40)22(15-36(21,5)6)48-26(39)14-13-25(38)47-17-24-33(30(43)31(44)34(46)49-24)51-35-32(45)29(42)28(41)23(16-37)50-35/h7-12,22-24,28-35,37,41-46H,13-17H2,1-6H3. The number of carbonyl (C=O) groups is 3. The third-order valence-electron chi connectivity index (χ3n) is 9.19. The van der Waals surface area contributed by atoms with Gasteiger partial charge in [-0.25, -0.2) is 0 Å². The minimum Gasteiger partial charge on any atom is -0.463 e. The number of allylic oxidation sites excluding steroid dienone is 9. The van der Waals surface area contributed by atoms with Gasteiger partial charge in [-0.15, -0.1) is 0 Å². The molecular formula is C36H52O15. The van der Waals surface area contributed by atoms with Crippen LogP contribution in [-0.4, -0.2) is 134 Å². The molecule has 3 aliphatic rings. The Morgan fingerprint density at radius 1 is 0.882 bits per heavy atom. The van der Waals surface area contributed by atoms with Gasteiger partial charge in [0.15, 0.2) is 24.5 Å². The van der Waals surface area contributed by atoms with Gasteiger partial charge in [0.25, 0.3) is 0 Å². The predicted octanol–water partition coefficient (Wildman–Crippen LogP) is 0.186. The first-order valence-corrected chi connectivity index (χ1v) is 16.8. The van der Waals surface area contributed by atoms with Gasteiger partial charge in [-0.3, -0.25) is 14.4 Å². The Labute approximate surface area is 297 Å². The number of ether oxygens (including phenoxy) is 5. The van der Waals surface area contributed by atoms with E-state index in [1.807, 2.05) is 71.1 Å². The third kappa shape index (κ3) is 11.0. The molecule has 0 amide bonds. The Bertz CT molecular complexity index is 1390. The number of aliphatic hydroxyl groups excluding tert-OH is 7. The summed E-state index contributed by atoms with van der Waals surface area (Å²) in [5.74, 6) is -2.05. The molecule has 1 aliphatic carbocycles. The second kappa shape index (κ2) is 18.6. The molecule has 11 unspecified atom stereocenters. The van der Waals surface area contributed by atoms with Crippen LogP contribution in [-0.2, 0) is 38.1 Å². The Balaban J connectivity index is 1.57. The van der Waals surface area contributed by atoms with E-state index in [4.69, 9.17) is 23.7 Å². The fourth-order valence-electron chi connectivity index (χ4n) is 5.94. The highest BCUT2D eigenvalue weighted by Gasteiger charge is 2.50. The van der Waals surface area contributed by atoms with E-state index in [2.05, 4.69) is 0 Å². The summed E-state index contributed by atoms with van der Waals surface area (Å²) in [4.78, 5) is 38.5. The maximum atomic E-state index is 13.2. The number of carbonyl (C=O) groups excluding carboxylic acids is 3. The van der Waals surface area contributed by atoms with Crippen LogP contribution in [0.1, 0.15) is 60.8 Å². The van der Waals surface area contributed by atoms with E-state index in [-0.39, 0.29) is 12.2 Å². The van der Waals surface area contributed by atoms with Crippen molar-refractivity contribution in [1.82, 2.24) is 0 Å². The van der Waals surface area contributed by atoms with Crippen LogP contribution in [0.5, 0.6) is 0 Å². The van der Waals surface area contributed by atoms with Crippen molar-refractivity contribution in [3.63, 3.8) is 0 Å². The van der Waals surface area contributed by atoms with E-state index >= 15 is 0 Å². The monoisotopic (exact) mass is 724 g/mol. The van der Waals surface area contributed by atoms with Crippen molar-refractivity contribution in [2.75, 3.05) is 13.2 Å². The van der Waals surface area contributed by atoms with Gasteiger partial charge in [-0.1, -0.05) is 61.4 Å².